The third-order valence-electron chi connectivity index (χ3n) is 4.61. The van der Waals surface area contributed by atoms with Gasteiger partial charge in [-0.05, 0) is 74.3 Å². The number of nitrogens with zero attached hydrogens (tertiary/aromatic N) is 4. The van der Waals surface area contributed by atoms with Crippen LogP contribution in [-0.2, 0) is 11.3 Å². The van der Waals surface area contributed by atoms with E-state index in [0.717, 1.165) is 38.5 Å². The molecule has 1 aromatic carbocycles. The predicted octanol–water partition coefficient (Wildman–Crippen LogP) is 4.32. The lowest BCUT2D eigenvalue weighted by molar-refractivity contribution is -0.119. The molecule has 1 N–H and O–H groups in total. The van der Waals surface area contributed by atoms with Gasteiger partial charge in [0.05, 0.1) is 28.1 Å². The highest BCUT2D eigenvalue weighted by Gasteiger charge is 2.20. The molecule has 2 heterocycles. The first-order valence-electron chi connectivity index (χ1n) is 8.88. The lowest BCUT2D eigenvalue weighted by Crippen LogP contribution is -2.25. The number of carbonyl (C=O) groups is 1. The van der Waals surface area contributed by atoms with Crippen molar-refractivity contribution in [3.63, 3.8) is 0 Å². The molecule has 2 aromatic heterocycles. The number of hydrogen-bond donors (Lipinski definition) is 1. The fraction of sp³-hybridized carbons (Fsp3) is 0.350. The summed E-state index contributed by atoms with van der Waals surface area (Å²) in [5.74, 6) is -0.101. The molecule has 3 aromatic rings. The molecule has 0 spiro atoms. The number of hydrogen-bond acceptors (Lipinski definition) is 3. The van der Waals surface area contributed by atoms with Gasteiger partial charge in [-0.3, -0.25) is 14.2 Å². The molecule has 0 aliphatic rings. The molecule has 0 fully saturated rings. The third-order valence-corrected chi connectivity index (χ3v) is 5.76. The first kappa shape index (κ1) is 19.4. The summed E-state index contributed by atoms with van der Waals surface area (Å²) in [4.78, 5) is 12.7. The molecule has 0 bridgehead atoms. The van der Waals surface area contributed by atoms with Gasteiger partial charge in [-0.15, -0.1) is 0 Å². The zero-order valence-electron chi connectivity index (χ0n) is 16.2. The summed E-state index contributed by atoms with van der Waals surface area (Å²) >= 11 is 3.51. The Kier molecular flexibility index (Phi) is 5.51. The molecular formula is C20H24BrN5O. The zero-order chi connectivity index (χ0) is 19.7. The second kappa shape index (κ2) is 7.68. The van der Waals surface area contributed by atoms with Crippen LogP contribution in [0.5, 0.6) is 0 Å². The Balaban J connectivity index is 1.74. The van der Waals surface area contributed by atoms with Gasteiger partial charge in [0.2, 0.25) is 5.91 Å². The molecule has 0 aliphatic carbocycles. The van der Waals surface area contributed by atoms with Crippen molar-refractivity contribution >= 4 is 27.5 Å². The van der Waals surface area contributed by atoms with Gasteiger partial charge in [0.15, 0.2) is 0 Å². The minimum atomic E-state index is -0.408. The standard InChI is InChI=1S/C20H24BrN5O/c1-12-9-13(2)25(23-12)11-17-7-6-8-18(10-17)22-20(27)16(5)26-15(4)19(21)14(3)24-26/h6-10,16H,11H2,1-5H3,(H,22,27). The van der Waals surface area contributed by atoms with Gasteiger partial charge in [-0.1, -0.05) is 12.1 Å². The molecule has 142 valence electrons. The molecule has 27 heavy (non-hydrogen) atoms. The van der Waals surface area contributed by atoms with Crippen molar-refractivity contribution in [2.75, 3.05) is 5.32 Å². The SMILES string of the molecule is Cc1cc(C)n(Cc2cccc(NC(=O)C(C)n3nc(C)c(Br)c3C)c2)n1. The van der Waals surface area contributed by atoms with Crippen molar-refractivity contribution in [2.24, 2.45) is 0 Å². The Morgan fingerprint density at radius 2 is 1.93 bits per heavy atom. The third kappa shape index (κ3) is 4.13. The van der Waals surface area contributed by atoms with Crippen molar-refractivity contribution < 1.29 is 4.79 Å². The van der Waals surface area contributed by atoms with Crippen molar-refractivity contribution in [2.45, 2.75) is 47.2 Å². The molecule has 0 saturated heterocycles. The second-order valence-corrected chi connectivity index (χ2v) is 7.67. The van der Waals surface area contributed by atoms with Crippen molar-refractivity contribution in [1.29, 1.82) is 0 Å². The summed E-state index contributed by atoms with van der Waals surface area (Å²) in [6.45, 7) is 10.4. The van der Waals surface area contributed by atoms with E-state index in [1.807, 2.05) is 63.6 Å². The topological polar surface area (TPSA) is 64.7 Å². The van der Waals surface area contributed by atoms with Crippen LogP contribution in [0.2, 0.25) is 0 Å². The highest BCUT2D eigenvalue weighted by atomic mass is 79.9. The number of benzene rings is 1. The summed E-state index contributed by atoms with van der Waals surface area (Å²) in [6, 6.07) is 9.51. The Bertz CT molecular complexity index is 988. The van der Waals surface area contributed by atoms with Crippen molar-refractivity contribution in [3.05, 3.63) is 63.1 Å². The number of nitrogens with one attached hydrogen (secondary N) is 1. The zero-order valence-corrected chi connectivity index (χ0v) is 17.8. The van der Waals surface area contributed by atoms with Crippen LogP contribution in [-0.4, -0.2) is 25.5 Å². The summed E-state index contributed by atoms with van der Waals surface area (Å²) in [5, 5.41) is 12.0. The van der Waals surface area contributed by atoms with Crippen LogP contribution < -0.4 is 5.32 Å². The average Bonchev–Trinajstić information content (AvgIpc) is 3.07. The van der Waals surface area contributed by atoms with Gasteiger partial charge in [-0.25, -0.2) is 0 Å². The van der Waals surface area contributed by atoms with Crippen LogP contribution in [0.3, 0.4) is 0 Å². The average molecular weight is 430 g/mol. The van der Waals surface area contributed by atoms with Crippen LogP contribution in [0.25, 0.3) is 0 Å². The van der Waals surface area contributed by atoms with Gasteiger partial charge >= 0.3 is 0 Å². The molecule has 1 unspecified atom stereocenters. The lowest BCUT2D eigenvalue weighted by Gasteiger charge is -2.15. The Labute approximate surface area is 167 Å². The van der Waals surface area contributed by atoms with Crippen LogP contribution in [0.1, 0.15) is 41.3 Å². The largest absolute Gasteiger partial charge is 0.324 e. The van der Waals surface area contributed by atoms with E-state index in [9.17, 15) is 4.79 Å². The minimum Gasteiger partial charge on any atom is -0.324 e. The van der Waals surface area contributed by atoms with Crippen LogP contribution in [0.15, 0.2) is 34.8 Å². The molecule has 1 amide bonds. The highest BCUT2D eigenvalue weighted by molar-refractivity contribution is 9.10. The van der Waals surface area contributed by atoms with Crippen LogP contribution >= 0.6 is 15.9 Å². The first-order valence-corrected chi connectivity index (χ1v) is 9.67. The maximum absolute atomic E-state index is 12.7. The van der Waals surface area contributed by atoms with Gasteiger partial charge in [0, 0.05) is 11.4 Å². The van der Waals surface area contributed by atoms with Crippen LogP contribution in [0.4, 0.5) is 5.69 Å². The molecule has 0 saturated carbocycles. The van der Waals surface area contributed by atoms with E-state index in [1.54, 1.807) is 4.68 Å². The summed E-state index contributed by atoms with van der Waals surface area (Å²) < 4.78 is 4.65. The maximum atomic E-state index is 12.7. The minimum absolute atomic E-state index is 0.101. The number of rotatable bonds is 5. The van der Waals surface area contributed by atoms with Gasteiger partial charge < -0.3 is 5.32 Å². The fourth-order valence-corrected chi connectivity index (χ4v) is 3.39. The lowest BCUT2D eigenvalue weighted by atomic mass is 10.2. The molecule has 6 nitrogen and oxygen atoms in total. The van der Waals surface area contributed by atoms with Gasteiger partial charge in [0.25, 0.3) is 0 Å². The molecule has 3 rings (SSSR count). The Morgan fingerprint density at radius 1 is 1.19 bits per heavy atom. The molecule has 1 atom stereocenters. The smallest absolute Gasteiger partial charge is 0.248 e. The number of carbonyl (C=O) groups excluding carboxylic acids is 1. The maximum Gasteiger partial charge on any atom is 0.248 e. The number of halogens is 1. The number of anilines is 1. The van der Waals surface area contributed by atoms with Crippen molar-refractivity contribution in [3.8, 4) is 0 Å². The van der Waals surface area contributed by atoms with Crippen molar-refractivity contribution in [1.82, 2.24) is 19.6 Å². The number of aryl methyl sites for hydroxylation is 3. The molecule has 7 heteroatoms. The highest BCUT2D eigenvalue weighted by Crippen LogP contribution is 2.23. The Hall–Kier alpha value is -2.41. The summed E-state index contributed by atoms with van der Waals surface area (Å²) in [6.07, 6.45) is 0. The van der Waals surface area contributed by atoms with E-state index in [1.165, 1.54) is 0 Å². The molecule has 0 radical (unpaired) electrons. The molecular weight excluding hydrogens is 406 g/mol. The number of amides is 1. The van der Waals surface area contributed by atoms with E-state index in [-0.39, 0.29) is 5.91 Å². The van der Waals surface area contributed by atoms with E-state index in [0.29, 0.717) is 6.54 Å². The first-order chi connectivity index (χ1) is 12.8. The van der Waals surface area contributed by atoms with E-state index in [2.05, 4.69) is 37.5 Å². The van der Waals surface area contributed by atoms with Gasteiger partial charge in [-0.2, -0.15) is 10.2 Å². The van der Waals surface area contributed by atoms with E-state index < -0.39 is 6.04 Å². The molecule has 0 aliphatic heterocycles. The van der Waals surface area contributed by atoms with Gasteiger partial charge in [0.1, 0.15) is 6.04 Å². The van der Waals surface area contributed by atoms with Crippen LogP contribution in [0, 0.1) is 27.7 Å². The monoisotopic (exact) mass is 429 g/mol. The Morgan fingerprint density at radius 3 is 2.52 bits per heavy atom. The van der Waals surface area contributed by atoms with E-state index in [4.69, 9.17) is 0 Å². The van der Waals surface area contributed by atoms with E-state index >= 15 is 0 Å². The summed E-state index contributed by atoms with van der Waals surface area (Å²) in [5.41, 5.74) is 5.78. The predicted molar refractivity (Wildman–Crippen MR) is 110 cm³/mol. The fourth-order valence-electron chi connectivity index (χ4n) is 3.13. The second-order valence-electron chi connectivity index (χ2n) is 6.88. The summed E-state index contributed by atoms with van der Waals surface area (Å²) in [7, 11) is 0. The normalized spacial score (nSPS) is 12.2. The quantitative estimate of drug-likeness (QED) is 0.656. The number of aromatic nitrogens is 4.